The van der Waals surface area contributed by atoms with E-state index in [4.69, 9.17) is 0 Å². The van der Waals surface area contributed by atoms with Crippen LogP contribution in [0, 0.1) is 0 Å². The summed E-state index contributed by atoms with van der Waals surface area (Å²) in [6.07, 6.45) is 6.16. The Morgan fingerprint density at radius 1 is 1.25 bits per heavy atom. The molecule has 0 N–H and O–H groups in total. The maximum Gasteiger partial charge on any atom is 0.0358 e. The van der Waals surface area contributed by atoms with Crippen LogP contribution in [0.4, 0.5) is 0 Å². The molecule has 0 saturated heterocycles. The minimum atomic E-state index is 0.262. The molecule has 1 heterocycles. The van der Waals surface area contributed by atoms with E-state index in [-0.39, 0.29) is 5.54 Å². The second-order valence-corrected chi connectivity index (χ2v) is 4.68. The van der Waals surface area contributed by atoms with Gasteiger partial charge in [-0.15, -0.1) is 0 Å². The van der Waals surface area contributed by atoms with Gasteiger partial charge in [0.15, 0.2) is 0 Å². The number of fused-ring (bicyclic) bond motifs is 1. The summed E-state index contributed by atoms with van der Waals surface area (Å²) < 4.78 is 2.43. The van der Waals surface area contributed by atoms with Crippen molar-refractivity contribution in [2.45, 2.75) is 45.6 Å². The lowest BCUT2D eigenvalue weighted by atomic mass is 10.1. The van der Waals surface area contributed by atoms with Crippen LogP contribution in [0.25, 0.3) is 0 Å². The third kappa shape index (κ3) is 1.08. The summed E-state index contributed by atoms with van der Waals surface area (Å²) in [5.74, 6) is 0. The Labute approximate surface area is 74.4 Å². The topological polar surface area (TPSA) is 4.93 Å². The van der Waals surface area contributed by atoms with Crippen molar-refractivity contribution >= 4 is 0 Å². The molecule has 1 aromatic rings. The summed E-state index contributed by atoms with van der Waals surface area (Å²) in [4.78, 5) is 0. The van der Waals surface area contributed by atoms with Crippen molar-refractivity contribution in [1.82, 2.24) is 4.57 Å². The van der Waals surface area contributed by atoms with E-state index in [1.807, 2.05) is 0 Å². The summed E-state index contributed by atoms with van der Waals surface area (Å²) in [6, 6.07) is 2.29. The van der Waals surface area contributed by atoms with Crippen LogP contribution in [-0.2, 0) is 18.4 Å². The average Bonchev–Trinajstić information content (AvgIpc) is 2.37. The van der Waals surface area contributed by atoms with E-state index in [0.29, 0.717) is 0 Å². The molecular formula is C11H17N. The summed E-state index contributed by atoms with van der Waals surface area (Å²) in [5.41, 5.74) is 3.41. The largest absolute Gasteiger partial charge is 0.346 e. The molecule has 1 aromatic heterocycles. The maximum absolute atomic E-state index is 2.43. The molecule has 0 atom stereocenters. The fraction of sp³-hybridized carbons (Fsp3) is 0.636. The zero-order valence-corrected chi connectivity index (χ0v) is 8.22. The van der Waals surface area contributed by atoms with Gasteiger partial charge in [-0.05, 0) is 51.7 Å². The monoisotopic (exact) mass is 163 g/mol. The minimum absolute atomic E-state index is 0.262. The lowest BCUT2D eigenvalue weighted by Gasteiger charge is -2.24. The predicted octanol–water partition coefficient (Wildman–Crippen LogP) is 2.73. The first-order chi connectivity index (χ1) is 5.59. The van der Waals surface area contributed by atoms with E-state index >= 15 is 0 Å². The molecule has 0 bridgehead atoms. The van der Waals surface area contributed by atoms with Crippen LogP contribution < -0.4 is 0 Å². The molecule has 0 unspecified atom stereocenters. The number of hydrogen-bond donors (Lipinski definition) is 0. The van der Waals surface area contributed by atoms with Gasteiger partial charge in [-0.25, -0.2) is 0 Å². The highest BCUT2D eigenvalue weighted by Gasteiger charge is 2.21. The molecule has 0 radical (unpaired) electrons. The molecule has 0 saturated carbocycles. The lowest BCUT2D eigenvalue weighted by Crippen LogP contribution is -2.22. The van der Waals surface area contributed by atoms with Gasteiger partial charge in [-0.1, -0.05) is 0 Å². The van der Waals surface area contributed by atoms with Crippen molar-refractivity contribution in [2.24, 2.45) is 0 Å². The number of aryl methyl sites for hydroxylation is 1. The van der Waals surface area contributed by atoms with E-state index in [9.17, 15) is 0 Å². The highest BCUT2D eigenvalue weighted by atomic mass is 15.0. The average molecular weight is 163 g/mol. The quantitative estimate of drug-likeness (QED) is 0.554. The van der Waals surface area contributed by atoms with Crippen LogP contribution >= 0.6 is 0 Å². The molecule has 1 heteroatoms. The van der Waals surface area contributed by atoms with Crippen molar-refractivity contribution < 1.29 is 0 Å². The summed E-state index contributed by atoms with van der Waals surface area (Å²) in [7, 11) is 0. The third-order valence-corrected chi connectivity index (χ3v) is 2.67. The van der Waals surface area contributed by atoms with Crippen molar-refractivity contribution in [3.8, 4) is 0 Å². The summed E-state index contributed by atoms with van der Waals surface area (Å²) in [5, 5.41) is 0. The van der Waals surface area contributed by atoms with Gasteiger partial charge >= 0.3 is 0 Å². The van der Waals surface area contributed by atoms with Gasteiger partial charge in [0.1, 0.15) is 0 Å². The molecule has 1 aliphatic carbocycles. The van der Waals surface area contributed by atoms with Crippen LogP contribution in [0.5, 0.6) is 0 Å². The van der Waals surface area contributed by atoms with Crippen LogP contribution in [0.3, 0.4) is 0 Å². The highest BCUT2D eigenvalue weighted by molar-refractivity contribution is 5.28. The second kappa shape index (κ2) is 2.38. The summed E-state index contributed by atoms with van der Waals surface area (Å²) >= 11 is 0. The Hall–Kier alpha value is -0.720. The first-order valence-corrected chi connectivity index (χ1v) is 4.78. The van der Waals surface area contributed by atoms with Gasteiger partial charge < -0.3 is 4.57 Å². The first kappa shape index (κ1) is 7.90. The zero-order chi connectivity index (χ0) is 8.77. The van der Waals surface area contributed by atoms with Crippen molar-refractivity contribution in [1.29, 1.82) is 0 Å². The van der Waals surface area contributed by atoms with Gasteiger partial charge in [-0.2, -0.15) is 0 Å². The standard InChI is InChI=1S/C11H17N/c1-11(2,3)12-8-7-9-5-4-6-10(9)12/h7-8H,4-6H2,1-3H3. The fourth-order valence-corrected chi connectivity index (χ4v) is 2.09. The SMILES string of the molecule is CC(C)(C)n1ccc2c1CCC2. The summed E-state index contributed by atoms with van der Waals surface area (Å²) in [6.45, 7) is 6.81. The first-order valence-electron chi connectivity index (χ1n) is 4.78. The van der Waals surface area contributed by atoms with Gasteiger partial charge in [-0.3, -0.25) is 0 Å². The van der Waals surface area contributed by atoms with Gasteiger partial charge in [0.05, 0.1) is 0 Å². The predicted molar refractivity (Wildman–Crippen MR) is 51.5 cm³/mol. The van der Waals surface area contributed by atoms with E-state index in [2.05, 4.69) is 37.6 Å². The molecule has 12 heavy (non-hydrogen) atoms. The van der Waals surface area contributed by atoms with Gasteiger partial charge in [0, 0.05) is 17.4 Å². The minimum Gasteiger partial charge on any atom is -0.346 e. The molecule has 2 rings (SSSR count). The Balaban J connectivity index is 2.46. The van der Waals surface area contributed by atoms with Crippen molar-refractivity contribution in [2.75, 3.05) is 0 Å². The number of aromatic nitrogens is 1. The molecule has 0 aliphatic heterocycles. The van der Waals surface area contributed by atoms with Crippen LogP contribution in [-0.4, -0.2) is 4.57 Å². The van der Waals surface area contributed by atoms with Crippen LogP contribution in [0.15, 0.2) is 12.3 Å². The highest BCUT2D eigenvalue weighted by Crippen LogP contribution is 2.27. The fourth-order valence-electron chi connectivity index (χ4n) is 2.09. The number of nitrogens with zero attached hydrogens (tertiary/aromatic N) is 1. The zero-order valence-electron chi connectivity index (χ0n) is 8.22. The smallest absolute Gasteiger partial charge is 0.0358 e. The molecule has 1 aliphatic rings. The molecule has 66 valence electrons. The Kier molecular flexibility index (Phi) is 1.57. The van der Waals surface area contributed by atoms with Crippen LogP contribution in [0.2, 0.25) is 0 Å². The van der Waals surface area contributed by atoms with Crippen molar-refractivity contribution in [3.63, 3.8) is 0 Å². The molecule has 0 aromatic carbocycles. The Bertz CT molecular complexity index is 288. The third-order valence-electron chi connectivity index (χ3n) is 2.67. The van der Waals surface area contributed by atoms with Gasteiger partial charge in [0.2, 0.25) is 0 Å². The van der Waals surface area contributed by atoms with Crippen LogP contribution in [0.1, 0.15) is 38.4 Å². The Morgan fingerprint density at radius 3 is 2.67 bits per heavy atom. The van der Waals surface area contributed by atoms with E-state index < -0.39 is 0 Å². The van der Waals surface area contributed by atoms with E-state index in [1.54, 1.807) is 11.3 Å². The lowest BCUT2D eigenvalue weighted by molar-refractivity contribution is 0.387. The van der Waals surface area contributed by atoms with E-state index in [0.717, 1.165) is 0 Å². The number of rotatable bonds is 0. The molecule has 0 spiro atoms. The number of hydrogen-bond acceptors (Lipinski definition) is 0. The van der Waals surface area contributed by atoms with E-state index in [1.165, 1.54) is 19.3 Å². The molecule has 1 nitrogen and oxygen atoms in total. The molecule has 0 fully saturated rings. The maximum atomic E-state index is 2.43. The normalized spacial score (nSPS) is 16.6. The van der Waals surface area contributed by atoms with Crippen molar-refractivity contribution in [3.05, 3.63) is 23.5 Å². The molecular weight excluding hydrogens is 146 g/mol. The second-order valence-electron chi connectivity index (χ2n) is 4.68. The molecule has 0 amide bonds. The Morgan fingerprint density at radius 2 is 2.00 bits per heavy atom. The van der Waals surface area contributed by atoms with Gasteiger partial charge in [0.25, 0.3) is 0 Å².